The summed E-state index contributed by atoms with van der Waals surface area (Å²) in [6, 6.07) is 10.5. The van der Waals surface area contributed by atoms with Crippen LogP contribution in [0.1, 0.15) is 19.5 Å². The molecule has 1 fully saturated rings. The number of ether oxygens (including phenoxy) is 1. The second kappa shape index (κ2) is 7.49. The van der Waals surface area contributed by atoms with Gasteiger partial charge in [0.25, 0.3) is 0 Å². The van der Waals surface area contributed by atoms with Crippen LogP contribution >= 0.6 is 0 Å². The third-order valence-electron chi connectivity index (χ3n) is 3.79. The lowest BCUT2D eigenvalue weighted by atomic mass is 10.2. The number of morpholine rings is 1. The van der Waals surface area contributed by atoms with Crippen molar-refractivity contribution < 1.29 is 4.74 Å². The highest BCUT2D eigenvalue weighted by atomic mass is 16.5. The molecule has 0 aliphatic carbocycles. The number of aryl methyl sites for hydroxylation is 1. The summed E-state index contributed by atoms with van der Waals surface area (Å²) in [5.74, 6) is 1.45. The normalized spacial score (nSPS) is 14.8. The molecule has 0 bridgehead atoms. The minimum atomic E-state index is 0.327. The molecule has 0 radical (unpaired) electrons. The summed E-state index contributed by atoms with van der Waals surface area (Å²) in [5, 5.41) is 6.71. The summed E-state index contributed by atoms with van der Waals surface area (Å²) in [6.45, 7) is 9.49. The van der Waals surface area contributed by atoms with Gasteiger partial charge in [-0.15, -0.1) is 0 Å². The molecular weight excluding hydrogens is 302 g/mol. The topological polar surface area (TPSA) is 62.3 Å². The highest BCUT2D eigenvalue weighted by molar-refractivity contribution is 5.73. The van der Waals surface area contributed by atoms with Gasteiger partial charge >= 0.3 is 0 Å². The van der Waals surface area contributed by atoms with E-state index in [1.165, 1.54) is 0 Å². The number of para-hydroxylation sites is 2. The average molecular weight is 327 g/mol. The SMILES string of the molecule is Cc1cc(NC(C)C)nc(Nc2ccccc2N2CCOCC2)n1. The van der Waals surface area contributed by atoms with E-state index in [-0.39, 0.29) is 0 Å². The minimum Gasteiger partial charge on any atom is -0.378 e. The molecule has 6 heteroatoms. The van der Waals surface area contributed by atoms with Crippen molar-refractivity contribution in [1.82, 2.24) is 9.97 Å². The molecule has 24 heavy (non-hydrogen) atoms. The van der Waals surface area contributed by atoms with Gasteiger partial charge in [-0.25, -0.2) is 4.98 Å². The quantitative estimate of drug-likeness (QED) is 0.879. The molecule has 2 heterocycles. The standard InChI is InChI=1S/C18H25N5O/c1-13(2)19-17-12-14(3)20-18(22-17)21-15-6-4-5-7-16(15)23-8-10-24-11-9-23/h4-7,12-13H,8-11H2,1-3H3,(H2,19,20,21,22). The van der Waals surface area contributed by atoms with Crippen LogP contribution in [0.4, 0.5) is 23.1 Å². The molecule has 6 nitrogen and oxygen atoms in total. The van der Waals surface area contributed by atoms with E-state index in [0.29, 0.717) is 12.0 Å². The van der Waals surface area contributed by atoms with Crippen LogP contribution in [0.25, 0.3) is 0 Å². The molecule has 2 aromatic rings. The molecule has 128 valence electrons. The van der Waals surface area contributed by atoms with E-state index in [1.807, 2.05) is 19.1 Å². The predicted molar refractivity (Wildman–Crippen MR) is 98.3 cm³/mol. The molecule has 1 aliphatic rings. The summed E-state index contributed by atoms with van der Waals surface area (Å²) in [5.41, 5.74) is 3.10. The number of nitrogens with one attached hydrogen (secondary N) is 2. The van der Waals surface area contributed by atoms with Crippen molar-refractivity contribution in [2.45, 2.75) is 26.8 Å². The van der Waals surface area contributed by atoms with Crippen molar-refractivity contribution in [2.24, 2.45) is 0 Å². The first-order chi connectivity index (χ1) is 11.6. The molecule has 1 saturated heterocycles. The van der Waals surface area contributed by atoms with Crippen molar-refractivity contribution in [1.29, 1.82) is 0 Å². The molecule has 1 aromatic carbocycles. The van der Waals surface area contributed by atoms with E-state index in [9.17, 15) is 0 Å². The lowest BCUT2D eigenvalue weighted by molar-refractivity contribution is 0.123. The zero-order valence-electron chi connectivity index (χ0n) is 14.5. The Hall–Kier alpha value is -2.34. The van der Waals surface area contributed by atoms with Crippen LogP contribution in [0.3, 0.4) is 0 Å². The van der Waals surface area contributed by atoms with Crippen LogP contribution < -0.4 is 15.5 Å². The molecule has 0 saturated carbocycles. The second-order valence-electron chi connectivity index (χ2n) is 6.26. The number of hydrogen-bond donors (Lipinski definition) is 2. The third-order valence-corrected chi connectivity index (χ3v) is 3.79. The Kier molecular flexibility index (Phi) is 5.15. The predicted octanol–water partition coefficient (Wildman–Crippen LogP) is 3.19. The van der Waals surface area contributed by atoms with Crippen LogP contribution in [-0.4, -0.2) is 42.3 Å². The fourth-order valence-electron chi connectivity index (χ4n) is 2.77. The van der Waals surface area contributed by atoms with E-state index in [0.717, 1.165) is 49.2 Å². The molecule has 1 aromatic heterocycles. The Morgan fingerprint density at radius 2 is 1.88 bits per heavy atom. The molecule has 0 unspecified atom stereocenters. The van der Waals surface area contributed by atoms with E-state index >= 15 is 0 Å². The first kappa shape index (κ1) is 16.5. The molecule has 3 rings (SSSR count). The summed E-state index contributed by atoms with van der Waals surface area (Å²) in [4.78, 5) is 11.4. The highest BCUT2D eigenvalue weighted by Gasteiger charge is 2.15. The maximum atomic E-state index is 5.45. The monoisotopic (exact) mass is 327 g/mol. The Labute approximate surface area is 143 Å². The Morgan fingerprint density at radius 1 is 1.12 bits per heavy atom. The lowest BCUT2D eigenvalue weighted by Gasteiger charge is -2.30. The van der Waals surface area contributed by atoms with Gasteiger partial charge in [0.1, 0.15) is 5.82 Å². The summed E-state index contributed by atoms with van der Waals surface area (Å²) in [6.07, 6.45) is 0. The second-order valence-corrected chi connectivity index (χ2v) is 6.26. The van der Waals surface area contributed by atoms with Gasteiger partial charge in [-0.2, -0.15) is 4.98 Å². The summed E-state index contributed by atoms with van der Waals surface area (Å²) in [7, 11) is 0. The van der Waals surface area contributed by atoms with Gasteiger partial charge in [-0.3, -0.25) is 0 Å². The van der Waals surface area contributed by atoms with Crippen molar-refractivity contribution in [3.63, 3.8) is 0 Å². The molecule has 1 aliphatic heterocycles. The molecule has 0 atom stereocenters. The van der Waals surface area contributed by atoms with Gasteiger partial charge in [0.15, 0.2) is 0 Å². The minimum absolute atomic E-state index is 0.327. The number of hydrogen-bond acceptors (Lipinski definition) is 6. The molecule has 2 N–H and O–H groups in total. The van der Waals surface area contributed by atoms with E-state index in [1.54, 1.807) is 0 Å². The maximum absolute atomic E-state index is 5.45. The smallest absolute Gasteiger partial charge is 0.229 e. The zero-order chi connectivity index (χ0) is 16.9. The van der Waals surface area contributed by atoms with Crippen LogP contribution in [-0.2, 0) is 4.74 Å². The van der Waals surface area contributed by atoms with Gasteiger partial charge in [0.2, 0.25) is 5.95 Å². The average Bonchev–Trinajstić information content (AvgIpc) is 2.55. The number of rotatable bonds is 5. The van der Waals surface area contributed by atoms with E-state index < -0.39 is 0 Å². The first-order valence-corrected chi connectivity index (χ1v) is 8.43. The van der Waals surface area contributed by atoms with Gasteiger partial charge in [0.05, 0.1) is 24.6 Å². The van der Waals surface area contributed by atoms with Crippen LogP contribution in [0.2, 0.25) is 0 Å². The van der Waals surface area contributed by atoms with E-state index in [2.05, 4.69) is 57.5 Å². The summed E-state index contributed by atoms with van der Waals surface area (Å²) >= 11 is 0. The Morgan fingerprint density at radius 3 is 2.62 bits per heavy atom. The van der Waals surface area contributed by atoms with Crippen molar-refractivity contribution in [3.05, 3.63) is 36.0 Å². The van der Waals surface area contributed by atoms with Gasteiger partial charge in [-0.05, 0) is 32.9 Å². The van der Waals surface area contributed by atoms with Crippen molar-refractivity contribution in [2.75, 3.05) is 41.8 Å². The van der Waals surface area contributed by atoms with Crippen LogP contribution in [0, 0.1) is 6.92 Å². The van der Waals surface area contributed by atoms with Crippen molar-refractivity contribution >= 4 is 23.1 Å². The molecule has 0 amide bonds. The number of aromatic nitrogens is 2. The maximum Gasteiger partial charge on any atom is 0.229 e. The van der Waals surface area contributed by atoms with Crippen LogP contribution in [0.15, 0.2) is 30.3 Å². The summed E-state index contributed by atoms with van der Waals surface area (Å²) < 4.78 is 5.45. The Balaban J connectivity index is 1.84. The first-order valence-electron chi connectivity index (χ1n) is 8.43. The number of benzene rings is 1. The zero-order valence-corrected chi connectivity index (χ0v) is 14.5. The van der Waals surface area contributed by atoms with Gasteiger partial charge in [0, 0.05) is 30.9 Å². The Bertz CT molecular complexity index is 683. The third kappa shape index (κ3) is 4.14. The number of nitrogens with zero attached hydrogens (tertiary/aromatic N) is 3. The lowest BCUT2D eigenvalue weighted by Crippen LogP contribution is -2.36. The highest BCUT2D eigenvalue weighted by Crippen LogP contribution is 2.28. The van der Waals surface area contributed by atoms with Gasteiger partial charge in [-0.1, -0.05) is 12.1 Å². The number of anilines is 4. The largest absolute Gasteiger partial charge is 0.378 e. The van der Waals surface area contributed by atoms with Gasteiger partial charge < -0.3 is 20.3 Å². The van der Waals surface area contributed by atoms with Crippen molar-refractivity contribution in [3.8, 4) is 0 Å². The molecular formula is C18H25N5O. The fourth-order valence-corrected chi connectivity index (χ4v) is 2.77. The van der Waals surface area contributed by atoms with E-state index in [4.69, 9.17) is 4.74 Å². The molecule has 0 spiro atoms. The van der Waals surface area contributed by atoms with Crippen LogP contribution in [0.5, 0.6) is 0 Å². The fraction of sp³-hybridized carbons (Fsp3) is 0.444.